The zero-order valence-corrected chi connectivity index (χ0v) is 11.0. The maximum absolute atomic E-state index is 9.27. The third-order valence-corrected chi connectivity index (χ3v) is 3.37. The third kappa shape index (κ3) is 2.62. The second-order valence-electron chi connectivity index (χ2n) is 4.52. The van der Waals surface area contributed by atoms with Gasteiger partial charge >= 0.3 is 0 Å². The molecule has 18 heavy (non-hydrogen) atoms. The van der Waals surface area contributed by atoms with Crippen molar-refractivity contribution in [2.45, 2.75) is 32.6 Å². The van der Waals surface area contributed by atoms with Crippen LogP contribution in [0.4, 0.5) is 0 Å². The SMILES string of the molecule is CCc1ccc(-c2cnc(C(CC)CO)[nH]2)cc1. The number of nitrogens with one attached hydrogen (secondary N) is 1. The largest absolute Gasteiger partial charge is 0.396 e. The van der Waals surface area contributed by atoms with E-state index in [9.17, 15) is 5.11 Å². The molecule has 3 heteroatoms. The number of aliphatic hydroxyl groups is 1. The summed E-state index contributed by atoms with van der Waals surface area (Å²) >= 11 is 0. The number of aliphatic hydroxyl groups excluding tert-OH is 1. The summed E-state index contributed by atoms with van der Waals surface area (Å²) in [6.45, 7) is 4.34. The lowest BCUT2D eigenvalue weighted by molar-refractivity contribution is 0.258. The van der Waals surface area contributed by atoms with E-state index in [4.69, 9.17) is 0 Å². The topological polar surface area (TPSA) is 48.9 Å². The molecule has 0 fully saturated rings. The van der Waals surface area contributed by atoms with Gasteiger partial charge in [-0.25, -0.2) is 4.98 Å². The lowest BCUT2D eigenvalue weighted by Gasteiger charge is -2.07. The van der Waals surface area contributed by atoms with Crippen molar-refractivity contribution in [3.63, 3.8) is 0 Å². The van der Waals surface area contributed by atoms with Crippen LogP contribution in [0.5, 0.6) is 0 Å². The lowest BCUT2D eigenvalue weighted by atomic mass is 10.1. The highest BCUT2D eigenvalue weighted by atomic mass is 16.3. The van der Waals surface area contributed by atoms with Crippen LogP contribution in [-0.4, -0.2) is 21.7 Å². The van der Waals surface area contributed by atoms with Crippen molar-refractivity contribution in [1.82, 2.24) is 9.97 Å². The number of rotatable bonds is 5. The summed E-state index contributed by atoms with van der Waals surface area (Å²) in [4.78, 5) is 7.66. The van der Waals surface area contributed by atoms with Gasteiger partial charge in [-0.05, 0) is 24.0 Å². The second kappa shape index (κ2) is 5.83. The summed E-state index contributed by atoms with van der Waals surface area (Å²) < 4.78 is 0. The summed E-state index contributed by atoms with van der Waals surface area (Å²) in [7, 11) is 0. The van der Waals surface area contributed by atoms with Crippen molar-refractivity contribution >= 4 is 0 Å². The summed E-state index contributed by atoms with van der Waals surface area (Å²) in [5.74, 6) is 0.975. The van der Waals surface area contributed by atoms with Gasteiger partial charge in [0.25, 0.3) is 0 Å². The van der Waals surface area contributed by atoms with Crippen LogP contribution < -0.4 is 0 Å². The Morgan fingerprint density at radius 1 is 1.22 bits per heavy atom. The van der Waals surface area contributed by atoms with Gasteiger partial charge in [0.1, 0.15) is 5.82 Å². The molecule has 0 spiro atoms. The molecule has 1 aromatic carbocycles. The monoisotopic (exact) mass is 244 g/mol. The number of nitrogens with zero attached hydrogens (tertiary/aromatic N) is 1. The van der Waals surface area contributed by atoms with E-state index in [2.05, 4.69) is 48.1 Å². The van der Waals surface area contributed by atoms with Crippen molar-refractivity contribution in [2.75, 3.05) is 6.61 Å². The number of aryl methyl sites for hydroxylation is 1. The smallest absolute Gasteiger partial charge is 0.111 e. The number of H-pyrrole nitrogens is 1. The van der Waals surface area contributed by atoms with Gasteiger partial charge in [-0.3, -0.25) is 0 Å². The number of hydrogen-bond donors (Lipinski definition) is 2. The lowest BCUT2D eigenvalue weighted by Crippen LogP contribution is -2.04. The van der Waals surface area contributed by atoms with Crippen molar-refractivity contribution in [3.05, 3.63) is 41.9 Å². The Hall–Kier alpha value is -1.61. The number of hydrogen-bond acceptors (Lipinski definition) is 2. The normalized spacial score (nSPS) is 12.6. The van der Waals surface area contributed by atoms with E-state index in [0.717, 1.165) is 29.9 Å². The molecule has 1 atom stereocenters. The highest BCUT2D eigenvalue weighted by Crippen LogP contribution is 2.22. The van der Waals surface area contributed by atoms with Crippen LogP contribution in [0.15, 0.2) is 30.5 Å². The maximum atomic E-state index is 9.27. The highest BCUT2D eigenvalue weighted by Gasteiger charge is 2.12. The molecule has 0 saturated carbocycles. The van der Waals surface area contributed by atoms with Gasteiger partial charge in [0.2, 0.25) is 0 Å². The first-order chi connectivity index (χ1) is 8.78. The molecule has 0 amide bonds. The van der Waals surface area contributed by atoms with Gasteiger partial charge in [-0.2, -0.15) is 0 Å². The zero-order chi connectivity index (χ0) is 13.0. The Labute approximate surface area is 108 Å². The molecular formula is C15H20N2O. The first kappa shape index (κ1) is 12.8. The predicted molar refractivity (Wildman–Crippen MR) is 73.5 cm³/mol. The van der Waals surface area contributed by atoms with Crippen LogP contribution in [0.1, 0.15) is 37.6 Å². The fourth-order valence-corrected chi connectivity index (χ4v) is 2.02. The van der Waals surface area contributed by atoms with Gasteiger partial charge in [0.05, 0.1) is 18.5 Å². The Kier molecular flexibility index (Phi) is 4.15. The van der Waals surface area contributed by atoms with E-state index in [0.29, 0.717) is 0 Å². The van der Waals surface area contributed by atoms with Crippen LogP contribution in [0.3, 0.4) is 0 Å². The Morgan fingerprint density at radius 3 is 2.50 bits per heavy atom. The van der Waals surface area contributed by atoms with E-state index in [-0.39, 0.29) is 12.5 Å². The van der Waals surface area contributed by atoms with Crippen LogP contribution in [0.2, 0.25) is 0 Å². The minimum absolute atomic E-state index is 0.105. The van der Waals surface area contributed by atoms with Crippen LogP contribution in [-0.2, 0) is 6.42 Å². The molecule has 2 rings (SSSR count). The number of aromatic amines is 1. The fourth-order valence-electron chi connectivity index (χ4n) is 2.02. The third-order valence-electron chi connectivity index (χ3n) is 3.37. The first-order valence-corrected chi connectivity index (χ1v) is 6.53. The van der Waals surface area contributed by atoms with Gasteiger partial charge in [0, 0.05) is 5.92 Å². The zero-order valence-electron chi connectivity index (χ0n) is 11.0. The van der Waals surface area contributed by atoms with E-state index in [1.54, 1.807) is 0 Å². The molecule has 2 aromatic rings. The molecule has 0 aliphatic carbocycles. The molecule has 0 aliphatic rings. The molecular weight excluding hydrogens is 224 g/mol. The van der Waals surface area contributed by atoms with Crippen LogP contribution in [0, 0.1) is 0 Å². The molecule has 1 unspecified atom stereocenters. The summed E-state index contributed by atoms with van der Waals surface area (Å²) in [6, 6.07) is 8.49. The second-order valence-corrected chi connectivity index (χ2v) is 4.52. The highest BCUT2D eigenvalue weighted by molar-refractivity contribution is 5.58. The molecule has 96 valence electrons. The molecule has 0 saturated heterocycles. The van der Waals surface area contributed by atoms with E-state index < -0.39 is 0 Å². The van der Waals surface area contributed by atoms with Crippen molar-refractivity contribution in [1.29, 1.82) is 0 Å². The van der Waals surface area contributed by atoms with Crippen molar-refractivity contribution in [2.24, 2.45) is 0 Å². The van der Waals surface area contributed by atoms with Gasteiger partial charge < -0.3 is 10.1 Å². The summed E-state index contributed by atoms with van der Waals surface area (Å²) in [6.07, 6.45) is 3.78. The molecule has 0 bridgehead atoms. The number of aromatic nitrogens is 2. The molecule has 1 aromatic heterocycles. The summed E-state index contributed by atoms with van der Waals surface area (Å²) in [5.41, 5.74) is 3.48. The molecule has 3 nitrogen and oxygen atoms in total. The van der Waals surface area contributed by atoms with E-state index >= 15 is 0 Å². The molecule has 0 aliphatic heterocycles. The van der Waals surface area contributed by atoms with E-state index in [1.165, 1.54) is 5.56 Å². The Balaban J connectivity index is 2.23. The maximum Gasteiger partial charge on any atom is 0.111 e. The van der Waals surface area contributed by atoms with Crippen molar-refractivity contribution < 1.29 is 5.11 Å². The van der Waals surface area contributed by atoms with Crippen molar-refractivity contribution in [3.8, 4) is 11.3 Å². The number of imidazole rings is 1. The molecule has 1 heterocycles. The minimum Gasteiger partial charge on any atom is -0.396 e. The molecule has 2 N–H and O–H groups in total. The first-order valence-electron chi connectivity index (χ1n) is 6.53. The average Bonchev–Trinajstić information content (AvgIpc) is 2.90. The van der Waals surface area contributed by atoms with E-state index in [1.807, 2.05) is 6.20 Å². The summed E-state index contributed by atoms with van der Waals surface area (Å²) in [5, 5.41) is 9.27. The molecule has 0 radical (unpaired) electrons. The Morgan fingerprint density at radius 2 is 1.94 bits per heavy atom. The van der Waals surface area contributed by atoms with Gasteiger partial charge in [0.15, 0.2) is 0 Å². The standard InChI is InChI=1S/C15H20N2O/c1-3-11-5-7-13(8-6-11)14-9-16-15(17-14)12(4-2)10-18/h5-9,12,18H,3-4,10H2,1-2H3,(H,16,17). The predicted octanol–water partition coefficient (Wildman–Crippen LogP) is 3.13. The Bertz CT molecular complexity index is 483. The van der Waals surface area contributed by atoms with Gasteiger partial charge in [-0.15, -0.1) is 0 Å². The number of benzene rings is 1. The quantitative estimate of drug-likeness (QED) is 0.849. The average molecular weight is 244 g/mol. The van der Waals surface area contributed by atoms with Crippen LogP contribution in [0.25, 0.3) is 11.3 Å². The minimum atomic E-state index is 0.105. The van der Waals surface area contributed by atoms with Crippen LogP contribution >= 0.6 is 0 Å². The van der Waals surface area contributed by atoms with Gasteiger partial charge in [-0.1, -0.05) is 38.1 Å². The fraction of sp³-hybridized carbons (Fsp3) is 0.400.